The summed E-state index contributed by atoms with van der Waals surface area (Å²) in [5.41, 5.74) is 0. The molecule has 3 rings (SSSR count). The van der Waals surface area contributed by atoms with Gasteiger partial charge in [0, 0.05) is 51.7 Å². The fraction of sp³-hybridized carbons (Fsp3) is 0.636. The van der Waals surface area contributed by atoms with E-state index >= 15 is 0 Å². The Balaban J connectivity index is 1.41. The lowest BCUT2D eigenvalue weighted by Crippen LogP contribution is -2.51. The first-order chi connectivity index (χ1) is 13.6. The molecule has 2 fully saturated rings. The van der Waals surface area contributed by atoms with Crippen LogP contribution in [0.25, 0.3) is 0 Å². The van der Waals surface area contributed by atoms with Gasteiger partial charge in [-0.1, -0.05) is 32.0 Å². The predicted octanol–water partition coefficient (Wildman–Crippen LogP) is 2.25. The van der Waals surface area contributed by atoms with Crippen LogP contribution in [0.1, 0.15) is 33.1 Å². The van der Waals surface area contributed by atoms with Crippen LogP contribution in [0.4, 0.5) is 0 Å². The molecule has 2 saturated heterocycles. The molecule has 2 amide bonds. The minimum atomic E-state index is -0.166. The summed E-state index contributed by atoms with van der Waals surface area (Å²) in [6.45, 7) is 9.52. The van der Waals surface area contributed by atoms with Crippen LogP contribution < -0.4 is 4.74 Å². The van der Waals surface area contributed by atoms with Crippen molar-refractivity contribution in [1.82, 2.24) is 14.7 Å². The van der Waals surface area contributed by atoms with Gasteiger partial charge in [0.1, 0.15) is 12.4 Å². The summed E-state index contributed by atoms with van der Waals surface area (Å²) < 4.78 is 5.77. The highest BCUT2D eigenvalue weighted by atomic mass is 16.5. The summed E-state index contributed by atoms with van der Waals surface area (Å²) in [5, 5.41) is 0. The first-order valence-electron chi connectivity index (χ1n) is 10.6. The highest BCUT2D eigenvalue weighted by Crippen LogP contribution is 2.25. The number of nitrogens with zero attached hydrogens (tertiary/aromatic N) is 3. The van der Waals surface area contributed by atoms with Gasteiger partial charge in [0.15, 0.2) is 0 Å². The molecule has 1 atom stereocenters. The van der Waals surface area contributed by atoms with Gasteiger partial charge < -0.3 is 14.5 Å². The predicted molar refractivity (Wildman–Crippen MR) is 109 cm³/mol. The Morgan fingerprint density at radius 3 is 2.43 bits per heavy atom. The van der Waals surface area contributed by atoms with E-state index < -0.39 is 0 Å². The maximum Gasteiger partial charge on any atom is 0.228 e. The van der Waals surface area contributed by atoms with E-state index in [-0.39, 0.29) is 23.8 Å². The van der Waals surface area contributed by atoms with Gasteiger partial charge in [0.2, 0.25) is 11.8 Å². The third-order valence-electron chi connectivity index (χ3n) is 5.99. The lowest BCUT2D eigenvalue weighted by Gasteiger charge is -2.36. The number of piperazine rings is 1. The first-order valence-corrected chi connectivity index (χ1v) is 10.6. The van der Waals surface area contributed by atoms with Crippen LogP contribution in [0.2, 0.25) is 0 Å². The molecule has 0 bridgehead atoms. The molecular weight excluding hydrogens is 354 g/mol. The van der Waals surface area contributed by atoms with E-state index in [1.165, 1.54) is 0 Å². The Morgan fingerprint density at radius 2 is 1.79 bits per heavy atom. The minimum Gasteiger partial charge on any atom is -0.492 e. The number of benzene rings is 1. The Kier molecular flexibility index (Phi) is 7.31. The Morgan fingerprint density at radius 1 is 1.11 bits per heavy atom. The van der Waals surface area contributed by atoms with Gasteiger partial charge >= 0.3 is 0 Å². The molecule has 0 radical (unpaired) electrons. The van der Waals surface area contributed by atoms with Gasteiger partial charge in [-0.3, -0.25) is 14.5 Å². The fourth-order valence-corrected chi connectivity index (χ4v) is 4.24. The van der Waals surface area contributed by atoms with Crippen molar-refractivity contribution >= 4 is 11.8 Å². The number of rotatable bonds is 8. The Bertz CT molecular complexity index is 640. The van der Waals surface area contributed by atoms with E-state index in [2.05, 4.69) is 18.7 Å². The van der Waals surface area contributed by atoms with Crippen molar-refractivity contribution in [2.45, 2.75) is 39.2 Å². The lowest BCUT2D eigenvalue weighted by atomic mass is 10.1. The second-order valence-electron chi connectivity index (χ2n) is 7.75. The standard InChI is InChI=1S/C22H33N3O3/c1-3-19(4-2)25-17-18(16-21(25)26)22(27)24-12-10-23(11-13-24)14-15-28-20-8-6-5-7-9-20/h5-9,18-19H,3-4,10-17H2,1-2H3. The topological polar surface area (TPSA) is 53.1 Å². The van der Waals surface area contributed by atoms with Gasteiger partial charge in [-0.25, -0.2) is 0 Å². The van der Waals surface area contributed by atoms with Crippen molar-refractivity contribution in [2.75, 3.05) is 45.9 Å². The van der Waals surface area contributed by atoms with Crippen LogP contribution in [0.15, 0.2) is 30.3 Å². The van der Waals surface area contributed by atoms with E-state index in [1.807, 2.05) is 40.1 Å². The van der Waals surface area contributed by atoms with Crippen molar-refractivity contribution in [3.63, 3.8) is 0 Å². The molecule has 1 aromatic carbocycles. The van der Waals surface area contributed by atoms with Crippen molar-refractivity contribution in [2.24, 2.45) is 5.92 Å². The maximum absolute atomic E-state index is 12.9. The normalized spacial score (nSPS) is 20.8. The summed E-state index contributed by atoms with van der Waals surface area (Å²) in [4.78, 5) is 31.5. The molecule has 2 aliphatic heterocycles. The molecule has 0 N–H and O–H groups in total. The van der Waals surface area contributed by atoms with E-state index in [9.17, 15) is 9.59 Å². The number of para-hydroxylation sites is 1. The van der Waals surface area contributed by atoms with Crippen LogP contribution in [0.3, 0.4) is 0 Å². The van der Waals surface area contributed by atoms with Gasteiger partial charge in [-0.15, -0.1) is 0 Å². The molecule has 154 valence electrons. The second-order valence-corrected chi connectivity index (χ2v) is 7.75. The third kappa shape index (κ3) is 5.04. The van der Waals surface area contributed by atoms with Gasteiger partial charge in [0.05, 0.1) is 5.92 Å². The fourth-order valence-electron chi connectivity index (χ4n) is 4.24. The highest BCUT2D eigenvalue weighted by molar-refractivity contribution is 5.89. The maximum atomic E-state index is 12.9. The average molecular weight is 388 g/mol. The smallest absolute Gasteiger partial charge is 0.228 e. The number of carbonyl (C=O) groups is 2. The average Bonchev–Trinajstić information content (AvgIpc) is 3.11. The monoisotopic (exact) mass is 387 g/mol. The van der Waals surface area contributed by atoms with E-state index in [0.29, 0.717) is 19.6 Å². The molecule has 0 aliphatic carbocycles. The van der Waals surface area contributed by atoms with Crippen LogP contribution in [-0.2, 0) is 9.59 Å². The molecule has 0 saturated carbocycles. The number of likely N-dealkylation sites (tertiary alicyclic amines) is 1. The van der Waals surface area contributed by atoms with E-state index in [1.54, 1.807) is 0 Å². The number of hydrogen-bond acceptors (Lipinski definition) is 4. The van der Waals surface area contributed by atoms with Gasteiger partial charge in [0.25, 0.3) is 0 Å². The summed E-state index contributed by atoms with van der Waals surface area (Å²) in [6, 6.07) is 10.1. The molecule has 28 heavy (non-hydrogen) atoms. The zero-order valence-corrected chi connectivity index (χ0v) is 17.2. The summed E-state index contributed by atoms with van der Waals surface area (Å²) in [6.07, 6.45) is 2.28. The van der Waals surface area contributed by atoms with Crippen molar-refractivity contribution in [3.05, 3.63) is 30.3 Å². The molecule has 6 heteroatoms. The van der Waals surface area contributed by atoms with Gasteiger partial charge in [-0.2, -0.15) is 0 Å². The number of amides is 2. The number of hydrogen-bond donors (Lipinski definition) is 0. The van der Waals surface area contributed by atoms with Crippen molar-refractivity contribution in [3.8, 4) is 5.75 Å². The summed E-state index contributed by atoms with van der Waals surface area (Å²) in [5.74, 6) is 1.02. The van der Waals surface area contributed by atoms with Crippen LogP contribution in [0.5, 0.6) is 5.75 Å². The quantitative estimate of drug-likeness (QED) is 0.687. The molecule has 1 aromatic rings. The largest absolute Gasteiger partial charge is 0.492 e. The zero-order chi connectivity index (χ0) is 19.9. The molecule has 1 unspecified atom stereocenters. The van der Waals surface area contributed by atoms with Crippen LogP contribution in [-0.4, -0.2) is 78.4 Å². The second kappa shape index (κ2) is 9.92. The molecule has 2 heterocycles. The van der Waals surface area contributed by atoms with Gasteiger partial charge in [-0.05, 0) is 25.0 Å². The summed E-state index contributed by atoms with van der Waals surface area (Å²) in [7, 11) is 0. The Hall–Kier alpha value is -2.08. The van der Waals surface area contributed by atoms with Crippen LogP contribution in [0, 0.1) is 5.92 Å². The van der Waals surface area contributed by atoms with Crippen molar-refractivity contribution < 1.29 is 14.3 Å². The highest BCUT2D eigenvalue weighted by Gasteiger charge is 2.39. The molecular formula is C22H33N3O3. The molecule has 0 aromatic heterocycles. The molecule has 2 aliphatic rings. The lowest BCUT2D eigenvalue weighted by molar-refractivity contribution is -0.137. The van der Waals surface area contributed by atoms with E-state index in [0.717, 1.165) is 51.3 Å². The SMILES string of the molecule is CCC(CC)N1CC(C(=O)N2CCN(CCOc3ccccc3)CC2)CC1=O. The minimum absolute atomic E-state index is 0.142. The van der Waals surface area contributed by atoms with Crippen LogP contribution >= 0.6 is 0 Å². The number of carbonyl (C=O) groups excluding carboxylic acids is 2. The molecule has 6 nitrogen and oxygen atoms in total. The Labute approximate surface area is 168 Å². The third-order valence-corrected chi connectivity index (χ3v) is 5.99. The number of ether oxygens (including phenoxy) is 1. The zero-order valence-electron chi connectivity index (χ0n) is 17.2. The van der Waals surface area contributed by atoms with E-state index in [4.69, 9.17) is 4.74 Å². The molecule has 0 spiro atoms. The van der Waals surface area contributed by atoms with Crippen molar-refractivity contribution in [1.29, 1.82) is 0 Å². The first kappa shape index (κ1) is 20.6. The summed E-state index contributed by atoms with van der Waals surface area (Å²) >= 11 is 0.